The van der Waals surface area contributed by atoms with Gasteiger partial charge < -0.3 is 9.47 Å². The van der Waals surface area contributed by atoms with Crippen molar-refractivity contribution in [3.63, 3.8) is 0 Å². The average Bonchev–Trinajstić information content (AvgIpc) is 2.78. The predicted molar refractivity (Wildman–Crippen MR) is 87.6 cm³/mol. The van der Waals surface area contributed by atoms with Crippen molar-refractivity contribution in [1.82, 2.24) is 0 Å². The molecule has 0 radical (unpaired) electrons. The van der Waals surface area contributed by atoms with Crippen molar-refractivity contribution in [2.75, 3.05) is 26.9 Å². The van der Waals surface area contributed by atoms with Crippen molar-refractivity contribution in [3.8, 4) is 0 Å². The van der Waals surface area contributed by atoms with Gasteiger partial charge in [-0.05, 0) is 22.8 Å². The van der Waals surface area contributed by atoms with Crippen molar-refractivity contribution in [2.45, 2.75) is 25.2 Å². The van der Waals surface area contributed by atoms with E-state index in [1.807, 2.05) is 24.3 Å². The molecule has 1 atom stereocenters. The highest BCUT2D eigenvalue weighted by atomic mass is 16.5. The summed E-state index contributed by atoms with van der Waals surface area (Å²) in [6, 6.07) is 12.0. The summed E-state index contributed by atoms with van der Waals surface area (Å²) in [7, 11) is 1.64. The van der Waals surface area contributed by atoms with E-state index in [1.165, 1.54) is 0 Å². The molecular formula is C19H22O3. The molecule has 0 aliphatic heterocycles. The first-order valence-electron chi connectivity index (χ1n) is 7.88. The third kappa shape index (κ3) is 2.25. The number of rotatable bonds is 7. The number of benzene rings is 2. The van der Waals surface area contributed by atoms with Gasteiger partial charge in [0.1, 0.15) is 5.41 Å². The SMILES string of the molecule is CCCCOCC1(COC)C(=O)c2cccc3cccc1c23. The molecule has 3 nitrogen and oxygen atoms in total. The smallest absolute Gasteiger partial charge is 0.178 e. The summed E-state index contributed by atoms with van der Waals surface area (Å²) < 4.78 is 11.3. The van der Waals surface area contributed by atoms with E-state index in [4.69, 9.17) is 9.47 Å². The van der Waals surface area contributed by atoms with Gasteiger partial charge >= 0.3 is 0 Å². The Morgan fingerprint density at radius 3 is 2.59 bits per heavy atom. The normalized spacial score (nSPS) is 20.0. The lowest BCUT2D eigenvalue weighted by Gasteiger charge is -2.28. The van der Waals surface area contributed by atoms with Gasteiger partial charge in [0.25, 0.3) is 0 Å². The predicted octanol–water partition coefficient (Wildman–Crippen LogP) is 3.74. The molecule has 0 spiro atoms. The maximum atomic E-state index is 13.1. The minimum absolute atomic E-state index is 0.123. The van der Waals surface area contributed by atoms with Gasteiger partial charge in [0, 0.05) is 19.3 Å². The first-order chi connectivity index (χ1) is 10.7. The van der Waals surface area contributed by atoms with E-state index in [9.17, 15) is 4.79 Å². The number of unbranched alkanes of at least 4 members (excludes halogenated alkanes) is 1. The first kappa shape index (κ1) is 15.2. The maximum absolute atomic E-state index is 13.1. The lowest BCUT2D eigenvalue weighted by molar-refractivity contribution is 0.0334. The molecule has 0 heterocycles. The van der Waals surface area contributed by atoms with Crippen LogP contribution in [-0.2, 0) is 14.9 Å². The van der Waals surface area contributed by atoms with Gasteiger partial charge in [-0.25, -0.2) is 0 Å². The second-order valence-electron chi connectivity index (χ2n) is 5.96. The van der Waals surface area contributed by atoms with Crippen molar-refractivity contribution in [3.05, 3.63) is 47.5 Å². The number of carbonyl (C=O) groups excluding carboxylic acids is 1. The molecule has 2 aromatic carbocycles. The Balaban J connectivity index is 2.04. The molecule has 1 aliphatic rings. The fraction of sp³-hybridized carbons (Fsp3) is 0.421. The van der Waals surface area contributed by atoms with Gasteiger partial charge in [-0.3, -0.25) is 4.79 Å². The van der Waals surface area contributed by atoms with Gasteiger partial charge in [0.2, 0.25) is 0 Å². The molecule has 0 N–H and O–H groups in total. The molecule has 0 bridgehead atoms. The molecule has 0 aromatic heterocycles. The minimum Gasteiger partial charge on any atom is -0.383 e. The Hall–Kier alpha value is -1.71. The lowest BCUT2D eigenvalue weighted by Crippen LogP contribution is -2.41. The number of hydrogen-bond donors (Lipinski definition) is 0. The van der Waals surface area contributed by atoms with Gasteiger partial charge in [-0.15, -0.1) is 0 Å². The Morgan fingerprint density at radius 1 is 1.09 bits per heavy atom. The quantitative estimate of drug-likeness (QED) is 0.731. The molecule has 0 saturated heterocycles. The lowest BCUT2D eigenvalue weighted by atomic mass is 9.81. The van der Waals surface area contributed by atoms with Crippen molar-refractivity contribution in [2.24, 2.45) is 0 Å². The summed E-state index contributed by atoms with van der Waals surface area (Å²) in [4.78, 5) is 13.1. The first-order valence-corrected chi connectivity index (χ1v) is 7.88. The molecule has 3 heteroatoms. The summed E-state index contributed by atoms with van der Waals surface area (Å²) >= 11 is 0. The van der Waals surface area contributed by atoms with Crippen LogP contribution in [0.2, 0.25) is 0 Å². The van der Waals surface area contributed by atoms with Crippen molar-refractivity contribution >= 4 is 16.6 Å². The molecular weight excluding hydrogens is 276 g/mol. The Labute approximate surface area is 131 Å². The minimum atomic E-state index is -0.703. The highest BCUT2D eigenvalue weighted by Crippen LogP contribution is 2.43. The second-order valence-corrected chi connectivity index (χ2v) is 5.96. The van der Waals surface area contributed by atoms with E-state index in [1.54, 1.807) is 7.11 Å². The number of carbonyl (C=O) groups is 1. The highest BCUT2D eigenvalue weighted by molar-refractivity contribution is 6.20. The molecule has 116 valence electrons. The third-order valence-corrected chi connectivity index (χ3v) is 4.48. The largest absolute Gasteiger partial charge is 0.383 e. The van der Waals surface area contributed by atoms with Gasteiger partial charge in [0.15, 0.2) is 5.78 Å². The zero-order valence-electron chi connectivity index (χ0n) is 13.2. The van der Waals surface area contributed by atoms with Crippen LogP contribution in [0.3, 0.4) is 0 Å². The van der Waals surface area contributed by atoms with Gasteiger partial charge in [-0.2, -0.15) is 0 Å². The topological polar surface area (TPSA) is 35.5 Å². The van der Waals surface area contributed by atoms with Crippen LogP contribution in [0.5, 0.6) is 0 Å². The molecule has 2 aromatic rings. The summed E-state index contributed by atoms with van der Waals surface area (Å²) in [5, 5.41) is 2.17. The Morgan fingerprint density at radius 2 is 1.86 bits per heavy atom. The number of ketones is 1. The summed E-state index contributed by atoms with van der Waals surface area (Å²) in [5.74, 6) is 0.123. The molecule has 1 aliphatic carbocycles. The van der Waals surface area contributed by atoms with Crippen LogP contribution in [-0.4, -0.2) is 32.7 Å². The highest BCUT2D eigenvalue weighted by Gasteiger charge is 2.47. The summed E-state index contributed by atoms with van der Waals surface area (Å²) in [6.07, 6.45) is 2.09. The van der Waals surface area contributed by atoms with E-state index in [0.717, 1.165) is 34.7 Å². The zero-order chi connectivity index (χ0) is 15.6. The van der Waals surface area contributed by atoms with Crippen LogP contribution in [0.15, 0.2) is 36.4 Å². The van der Waals surface area contributed by atoms with Crippen LogP contribution < -0.4 is 0 Å². The number of methoxy groups -OCH3 is 1. The summed E-state index contributed by atoms with van der Waals surface area (Å²) in [6.45, 7) is 3.55. The van der Waals surface area contributed by atoms with Gasteiger partial charge in [0.05, 0.1) is 13.2 Å². The van der Waals surface area contributed by atoms with E-state index in [-0.39, 0.29) is 5.78 Å². The van der Waals surface area contributed by atoms with E-state index in [0.29, 0.717) is 19.8 Å². The second kappa shape index (κ2) is 6.19. The molecule has 1 unspecified atom stereocenters. The Kier molecular flexibility index (Phi) is 4.27. The molecule has 0 amide bonds. The third-order valence-electron chi connectivity index (χ3n) is 4.48. The monoisotopic (exact) mass is 298 g/mol. The number of hydrogen-bond acceptors (Lipinski definition) is 3. The van der Waals surface area contributed by atoms with E-state index in [2.05, 4.69) is 19.1 Å². The number of ether oxygens (including phenoxy) is 2. The Bertz CT molecular complexity index is 687. The maximum Gasteiger partial charge on any atom is 0.178 e. The average molecular weight is 298 g/mol. The van der Waals surface area contributed by atoms with Crippen molar-refractivity contribution in [1.29, 1.82) is 0 Å². The molecule has 22 heavy (non-hydrogen) atoms. The van der Waals surface area contributed by atoms with Crippen LogP contribution in [0.1, 0.15) is 35.7 Å². The van der Waals surface area contributed by atoms with Crippen molar-refractivity contribution < 1.29 is 14.3 Å². The van der Waals surface area contributed by atoms with Crippen LogP contribution in [0.25, 0.3) is 10.8 Å². The molecule has 0 fully saturated rings. The van der Waals surface area contributed by atoms with Crippen LogP contribution in [0, 0.1) is 0 Å². The van der Waals surface area contributed by atoms with Crippen LogP contribution >= 0.6 is 0 Å². The van der Waals surface area contributed by atoms with Crippen LogP contribution in [0.4, 0.5) is 0 Å². The van der Waals surface area contributed by atoms with E-state index >= 15 is 0 Å². The standard InChI is InChI=1S/C19H22O3/c1-3-4-11-22-13-19(12-21-2)16-10-6-8-14-7-5-9-15(17(14)16)18(19)20/h5-10H,3-4,11-13H2,1-2H3. The molecule has 0 saturated carbocycles. The van der Waals surface area contributed by atoms with Gasteiger partial charge in [-0.1, -0.05) is 49.7 Å². The fourth-order valence-electron chi connectivity index (χ4n) is 3.38. The molecule has 3 rings (SSSR count). The summed E-state index contributed by atoms with van der Waals surface area (Å²) in [5.41, 5.74) is 1.14. The van der Waals surface area contributed by atoms with E-state index < -0.39 is 5.41 Å². The zero-order valence-corrected chi connectivity index (χ0v) is 13.2. The number of Topliss-reactive ketones (excluding diaryl/α,β-unsaturated/α-hetero) is 1. The fourth-order valence-corrected chi connectivity index (χ4v) is 3.38.